The van der Waals surface area contributed by atoms with Gasteiger partial charge in [0.1, 0.15) is 11.9 Å². The molecule has 0 saturated heterocycles. The fourth-order valence-corrected chi connectivity index (χ4v) is 4.29. The number of ketones is 1. The molecule has 0 spiro atoms. The topological polar surface area (TPSA) is 113 Å². The number of rotatable bonds is 6. The molecule has 3 heterocycles. The number of aliphatic hydroxyl groups excluding tert-OH is 1. The van der Waals surface area contributed by atoms with Crippen molar-refractivity contribution in [3.8, 4) is 5.75 Å². The van der Waals surface area contributed by atoms with Gasteiger partial charge in [0, 0.05) is 30.8 Å². The van der Waals surface area contributed by atoms with E-state index in [2.05, 4.69) is 25.3 Å². The number of aliphatic hydroxyl groups is 1. The Balaban J connectivity index is 1.32. The van der Waals surface area contributed by atoms with Crippen molar-refractivity contribution in [3.05, 3.63) is 29.5 Å². The number of aryl methyl sites for hydroxylation is 1. The van der Waals surface area contributed by atoms with E-state index in [1.165, 1.54) is 0 Å². The monoisotopic (exact) mass is 466 g/mol. The molecule has 33 heavy (non-hydrogen) atoms. The fourth-order valence-electron chi connectivity index (χ4n) is 4.29. The Bertz CT molecular complexity index is 1030. The van der Waals surface area contributed by atoms with E-state index in [4.69, 9.17) is 4.74 Å². The Morgan fingerprint density at radius 1 is 1.27 bits per heavy atom. The second-order valence-electron chi connectivity index (χ2n) is 8.60. The zero-order valence-corrected chi connectivity index (χ0v) is 18.4. The average molecular weight is 466 g/mol. The van der Waals surface area contributed by atoms with Crippen LogP contribution in [0.1, 0.15) is 36.8 Å². The van der Waals surface area contributed by atoms with Crippen LogP contribution in [-0.4, -0.2) is 62.7 Å². The molecule has 2 aromatic heterocycles. The SMILES string of the molecule is Cc1nc(NC2CC(COc3cnc(C(F)(F)F)nc3)C2)nc2c1CC(=O)[C@H]([C@H](C)O)N2C. The molecule has 2 aromatic rings. The molecule has 2 atom stereocenters. The molecule has 12 heteroatoms. The standard InChI is InChI=1S/C21H25F3N6O3/c1-10-15-6-16(32)17(11(2)31)30(3)18(15)29-20(27-10)28-13-4-12(5-13)9-33-14-7-25-19(26-8-14)21(22,23)24/h7-8,11-13,17,31H,4-6,9H2,1-3H3,(H,27,28,29)/t11-,12?,13?,17-/m0/s1. The average Bonchev–Trinajstić information content (AvgIpc) is 2.70. The smallest absolute Gasteiger partial charge is 0.451 e. The Kier molecular flexibility index (Phi) is 6.12. The van der Waals surface area contributed by atoms with E-state index in [1.807, 2.05) is 6.92 Å². The minimum atomic E-state index is -4.58. The Morgan fingerprint density at radius 2 is 1.94 bits per heavy atom. The first-order valence-corrected chi connectivity index (χ1v) is 10.6. The van der Waals surface area contributed by atoms with Crippen LogP contribution in [0.4, 0.5) is 24.9 Å². The van der Waals surface area contributed by atoms with Crippen molar-refractivity contribution in [3.63, 3.8) is 0 Å². The largest absolute Gasteiger partial charge is 0.490 e. The van der Waals surface area contributed by atoms with Crippen LogP contribution in [0.2, 0.25) is 0 Å². The van der Waals surface area contributed by atoms with Crippen LogP contribution in [-0.2, 0) is 17.4 Å². The molecule has 0 bridgehead atoms. The number of nitrogens with zero attached hydrogens (tertiary/aromatic N) is 5. The summed E-state index contributed by atoms with van der Waals surface area (Å²) < 4.78 is 43.1. The maximum Gasteiger partial charge on any atom is 0.451 e. The van der Waals surface area contributed by atoms with E-state index in [1.54, 1.807) is 18.9 Å². The lowest BCUT2D eigenvalue weighted by molar-refractivity contribution is -0.145. The highest BCUT2D eigenvalue weighted by Crippen LogP contribution is 2.33. The highest BCUT2D eigenvalue weighted by Gasteiger charge is 2.37. The van der Waals surface area contributed by atoms with E-state index < -0.39 is 24.1 Å². The van der Waals surface area contributed by atoms with E-state index in [9.17, 15) is 23.1 Å². The second kappa shape index (κ2) is 8.73. The fraction of sp³-hybridized carbons (Fsp3) is 0.571. The molecule has 4 rings (SSSR count). The zero-order chi connectivity index (χ0) is 23.9. The number of hydrogen-bond donors (Lipinski definition) is 2. The Morgan fingerprint density at radius 3 is 2.55 bits per heavy atom. The summed E-state index contributed by atoms with van der Waals surface area (Å²) in [6.45, 7) is 3.77. The van der Waals surface area contributed by atoms with Crippen molar-refractivity contribution in [2.24, 2.45) is 5.92 Å². The van der Waals surface area contributed by atoms with Gasteiger partial charge in [-0.1, -0.05) is 0 Å². The van der Waals surface area contributed by atoms with Crippen molar-refractivity contribution in [1.82, 2.24) is 19.9 Å². The maximum absolute atomic E-state index is 12.5. The van der Waals surface area contributed by atoms with Gasteiger partial charge in [-0.15, -0.1) is 0 Å². The quantitative estimate of drug-likeness (QED) is 0.661. The van der Waals surface area contributed by atoms with Crippen molar-refractivity contribution in [2.45, 2.75) is 57.5 Å². The van der Waals surface area contributed by atoms with Gasteiger partial charge >= 0.3 is 6.18 Å². The lowest BCUT2D eigenvalue weighted by Gasteiger charge is -2.37. The van der Waals surface area contributed by atoms with Gasteiger partial charge in [-0.2, -0.15) is 18.2 Å². The van der Waals surface area contributed by atoms with Crippen molar-refractivity contribution >= 4 is 17.5 Å². The van der Waals surface area contributed by atoms with Gasteiger partial charge in [-0.3, -0.25) is 4.79 Å². The number of nitrogens with one attached hydrogen (secondary N) is 1. The summed E-state index contributed by atoms with van der Waals surface area (Å²) in [6, 6.07) is -0.512. The number of ether oxygens (including phenoxy) is 1. The predicted octanol–water partition coefficient (Wildman–Crippen LogP) is 2.17. The minimum absolute atomic E-state index is 0.0623. The minimum Gasteiger partial charge on any atom is -0.490 e. The molecule has 1 aliphatic heterocycles. The number of aromatic nitrogens is 4. The summed E-state index contributed by atoms with van der Waals surface area (Å²) in [5, 5.41) is 13.3. The van der Waals surface area contributed by atoms with Gasteiger partial charge in [0.25, 0.3) is 0 Å². The number of anilines is 2. The lowest BCUT2D eigenvalue weighted by atomic mass is 9.81. The first kappa shape index (κ1) is 23.1. The molecule has 2 N–H and O–H groups in total. The predicted molar refractivity (Wildman–Crippen MR) is 112 cm³/mol. The first-order chi connectivity index (χ1) is 15.5. The Hall–Kier alpha value is -3.02. The number of hydrogen-bond acceptors (Lipinski definition) is 9. The molecule has 0 unspecified atom stereocenters. The molecule has 2 aliphatic rings. The number of carbonyl (C=O) groups excluding carboxylic acids is 1. The summed E-state index contributed by atoms with van der Waals surface area (Å²) >= 11 is 0. The Labute approximate surface area is 188 Å². The molecule has 1 fully saturated rings. The van der Waals surface area contributed by atoms with E-state index in [0.29, 0.717) is 24.1 Å². The van der Waals surface area contributed by atoms with Crippen LogP contribution in [0.15, 0.2) is 12.4 Å². The number of halogens is 3. The molecule has 1 saturated carbocycles. The highest BCUT2D eigenvalue weighted by atomic mass is 19.4. The molecular weight excluding hydrogens is 441 g/mol. The molecule has 0 aromatic carbocycles. The third-order valence-electron chi connectivity index (χ3n) is 6.02. The second-order valence-corrected chi connectivity index (χ2v) is 8.60. The molecule has 1 aliphatic carbocycles. The van der Waals surface area contributed by atoms with Crippen molar-refractivity contribution < 1.29 is 27.8 Å². The molecule has 0 amide bonds. The number of alkyl halides is 3. The normalized spacial score (nSPS) is 23.5. The van der Waals surface area contributed by atoms with Crippen LogP contribution in [0.3, 0.4) is 0 Å². The van der Waals surface area contributed by atoms with Gasteiger partial charge in [0.05, 0.1) is 25.1 Å². The summed E-state index contributed by atoms with van der Waals surface area (Å²) in [4.78, 5) is 29.7. The third kappa shape index (κ3) is 4.85. The van der Waals surface area contributed by atoms with Gasteiger partial charge in [0.2, 0.25) is 11.8 Å². The van der Waals surface area contributed by atoms with Crippen LogP contribution >= 0.6 is 0 Å². The van der Waals surface area contributed by atoms with Crippen LogP contribution < -0.4 is 15.0 Å². The number of Topliss-reactive ketones (excluding diaryl/α,β-unsaturated/α-hetero) is 1. The van der Waals surface area contributed by atoms with E-state index in [-0.39, 0.29) is 29.9 Å². The van der Waals surface area contributed by atoms with E-state index >= 15 is 0 Å². The third-order valence-corrected chi connectivity index (χ3v) is 6.02. The van der Waals surface area contributed by atoms with Crippen LogP contribution in [0.25, 0.3) is 0 Å². The summed E-state index contributed by atoms with van der Waals surface area (Å²) in [5.41, 5.74) is 1.48. The van der Waals surface area contributed by atoms with Gasteiger partial charge in [-0.05, 0) is 32.6 Å². The van der Waals surface area contributed by atoms with Gasteiger partial charge < -0.3 is 20.1 Å². The molecule has 0 radical (unpaired) electrons. The van der Waals surface area contributed by atoms with Gasteiger partial charge in [0.15, 0.2) is 11.5 Å². The summed E-state index contributed by atoms with van der Waals surface area (Å²) in [6.07, 6.45) is -1.59. The van der Waals surface area contributed by atoms with Crippen molar-refractivity contribution in [1.29, 1.82) is 0 Å². The maximum atomic E-state index is 12.5. The molecule has 178 valence electrons. The molecule has 9 nitrogen and oxygen atoms in total. The molecular formula is C21H25F3N6O3. The van der Waals surface area contributed by atoms with Gasteiger partial charge in [-0.25, -0.2) is 15.0 Å². The summed E-state index contributed by atoms with van der Waals surface area (Å²) in [7, 11) is 1.74. The van der Waals surface area contributed by atoms with Crippen LogP contribution in [0, 0.1) is 12.8 Å². The van der Waals surface area contributed by atoms with E-state index in [0.717, 1.165) is 30.8 Å². The zero-order valence-electron chi connectivity index (χ0n) is 18.4. The summed E-state index contributed by atoms with van der Waals surface area (Å²) in [5.74, 6) is 0.251. The van der Waals surface area contributed by atoms with Crippen molar-refractivity contribution in [2.75, 3.05) is 23.9 Å². The number of likely N-dealkylation sites (N-methyl/N-ethyl adjacent to an activating group) is 1. The lowest BCUT2D eigenvalue weighted by Crippen LogP contribution is -2.50. The number of carbonyl (C=O) groups is 1. The van der Waals surface area contributed by atoms with Crippen LogP contribution in [0.5, 0.6) is 5.75 Å². The first-order valence-electron chi connectivity index (χ1n) is 10.6. The highest BCUT2D eigenvalue weighted by molar-refractivity contribution is 5.93. The number of fused-ring (bicyclic) bond motifs is 1.